The highest BCUT2D eigenvalue weighted by Crippen LogP contribution is 2.37. The zero-order valence-corrected chi connectivity index (χ0v) is 18.2. The molecule has 1 saturated carbocycles. The summed E-state index contributed by atoms with van der Waals surface area (Å²) in [5.41, 5.74) is 8.43. The van der Waals surface area contributed by atoms with Gasteiger partial charge in [-0.3, -0.25) is 0 Å². The molecule has 0 N–H and O–H groups in total. The zero-order valence-electron chi connectivity index (χ0n) is 18.2. The van der Waals surface area contributed by atoms with E-state index in [0.717, 1.165) is 5.92 Å². The van der Waals surface area contributed by atoms with Crippen molar-refractivity contribution in [3.8, 4) is 11.3 Å². The first kappa shape index (κ1) is 19.2. The van der Waals surface area contributed by atoms with Gasteiger partial charge in [-0.25, -0.2) is 0 Å². The molecule has 4 rings (SSSR count). The molecular weight excluding hydrogens is 338 g/mol. The summed E-state index contributed by atoms with van der Waals surface area (Å²) in [7, 11) is 2.22. The third kappa shape index (κ3) is 3.36. The maximum atomic E-state index is 2.49. The van der Waals surface area contributed by atoms with Gasteiger partial charge in [0.05, 0.1) is 5.39 Å². The average molecular weight is 373 g/mol. The van der Waals surface area contributed by atoms with Crippen LogP contribution in [0.3, 0.4) is 0 Å². The molecule has 2 aromatic carbocycles. The third-order valence-electron chi connectivity index (χ3n) is 7.08. The van der Waals surface area contributed by atoms with Crippen molar-refractivity contribution in [1.82, 2.24) is 0 Å². The van der Waals surface area contributed by atoms with Crippen LogP contribution in [-0.4, -0.2) is 0 Å². The van der Waals surface area contributed by atoms with E-state index in [4.69, 9.17) is 0 Å². The average Bonchev–Trinajstić information content (AvgIpc) is 3.24. The first-order chi connectivity index (χ1) is 13.5. The van der Waals surface area contributed by atoms with Crippen molar-refractivity contribution in [2.45, 2.75) is 71.6 Å². The highest BCUT2D eigenvalue weighted by Gasteiger charge is 2.23. The topological polar surface area (TPSA) is 3.88 Å². The highest BCUT2D eigenvalue weighted by molar-refractivity contribution is 5.94. The van der Waals surface area contributed by atoms with Crippen molar-refractivity contribution in [2.75, 3.05) is 0 Å². The van der Waals surface area contributed by atoms with E-state index in [-0.39, 0.29) is 0 Å². The van der Waals surface area contributed by atoms with E-state index >= 15 is 0 Å². The molecule has 0 spiro atoms. The number of rotatable bonds is 4. The van der Waals surface area contributed by atoms with Gasteiger partial charge in [-0.15, -0.1) is 0 Å². The lowest BCUT2D eigenvalue weighted by molar-refractivity contribution is -0.665. The largest absolute Gasteiger partial charge is 0.220 e. The monoisotopic (exact) mass is 372 g/mol. The maximum Gasteiger partial charge on any atom is 0.220 e. The number of aromatic nitrogens is 1. The lowest BCUT2D eigenvalue weighted by Crippen LogP contribution is -2.35. The molecule has 1 unspecified atom stereocenters. The number of fused-ring (bicyclic) bond motifs is 1. The van der Waals surface area contributed by atoms with Crippen molar-refractivity contribution in [3.63, 3.8) is 0 Å². The summed E-state index contributed by atoms with van der Waals surface area (Å²) >= 11 is 0. The van der Waals surface area contributed by atoms with Crippen molar-refractivity contribution in [1.29, 1.82) is 0 Å². The van der Waals surface area contributed by atoms with E-state index < -0.39 is 0 Å². The van der Waals surface area contributed by atoms with Gasteiger partial charge in [0.15, 0.2) is 5.69 Å². The quantitative estimate of drug-likeness (QED) is 0.429. The van der Waals surface area contributed by atoms with E-state index in [1.54, 1.807) is 0 Å². The van der Waals surface area contributed by atoms with Crippen LogP contribution in [0.2, 0.25) is 0 Å². The van der Waals surface area contributed by atoms with Gasteiger partial charge in [0.25, 0.3) is 0 Å². The fourth-order valence-electron chi connectivity index (χ4n) is 4.87. The Hall–Kier alpha value is -2.15. The summed E-state index contributed by atoms with van der Waals surface area (Å²) in [5.74, 6) is 1.35. The molecule has 1 aliphatic rings. The van der Waals surface area contributed by atoms with E-state index in [9.17, 15) is 0 Å². The molecule has 0 amide bonds. The second kappa shape index (κ2) is 7.70. The summed E-state index contributed by atoms with van der Waals surface area (Å²) < 4.78 is 2.38. The van der Waals surface area contributed by atoms with Crippen molar-refractivity contribution < 1.29 is 4.57 Å². The Morgan fingerprint density at radius 2 is 1.75 bits per heavy atom. The van der Waals surface area contributed by atoms with Crippen LogP contribution in [-0.2, 0) is 7.05 Å². The van der Waals surface area contributed by atoms with E-state index in [2.05, 4.69) is 81.8 Å². The van der Waals surface area contributed by atoms with E-state index in [1.807, 2.05) is 0 Å². The van der Waals surface area contributed by atoms with Gasteiger partial charge in [-0.2, -0.15) is 4.57 Å². The number of nitrogens with zero attached hydrogens (tertiary/aromatic N) is 1. The molecule has 0 radical (unpaired) electrons. The summed E-state index contributed by atoms with van der Waals surface area (Å²) in [6, 6.07) is 16.6. The zero-order chi connectivity index (χ0) is 19.8. The summed E-state index contributed by atoms with van der Waals surface area (Å²) in [6.45, 7) is 9.09. The Labute approximate surface area is 170 Å². The number of pyridine rings is 1. The molecule has 1 nitrogen and oxygen atoms in total. The minimum atomic E-state index is 0.606. The van der Waals surface area contributed by atoms with Crippen LogP contribution in [0.4, 0.5) is 0 Å². The Bertz CT molecular complexity index is 1010. The van der Waals surface area contributed by atoms with Crippen molar-refractivity contribution >= 4 is 10.8 Å². The molecule has 1 aromatic heterocycles. The molecule has 1 atom stereocenters. The first-order valence-corrected chi connectivity index (χ1v) is 11.0. The number of benzene rings is 2. The summed E-state index contributed by atoms with van der Waals surface area (Å²) in [4.78, 5) is 0. The van der Waals surface area contributed by atoms with Gasteiger partial charge in [0.1, 0.15) is 7.05 Å². The van der Waals surface area contributed by atoms with Gasteiger partial charge in [-0.05, 0) is 72.2 Å². The summed E-state index contributed by atoms with van der Waals surface area (Å²) in [6.07, 6.45) is 6.64. The minimum absolute atomic E-state index is 0.606. The second-order valence-electron chi connectivity index (χ2n) is 8.91. The lowest BCUT2D eigenvalue weighted by Gasteiger charge is -2.16. The standard InChI is InChI=1S/C27H34N/c1-6-18(2)22-13-14-25-24(16-22)15-20(4)28(5)27(25)26-17-23(12-11-19(26)3)21-9-7-8-10-21/h11-18,21H,6-10H2,1-5H3/q+1. The molecule has 3 aromatic rings. The predicted octanol–water partition coefficient (Wildman–Crippen LogP) is 7.12. The molecule has 146 valence electrons. The van der Waals surface area contributed by atoms with Crippen LogP contribution in [0, 0.1) is 13.8 Å². The Morgan fingerprint density at radius 3 is 2.46 bits per heavy atom. The van der Waals surface area contributed by atoms with Crippen LogP contribution >= 0.6 is 0 Å². The molecule has 0 aliphatic heterocycles. The van der Waals surface area contributed by atoms with Crippen molar-refractivity contribution in [3.05, 3.63) is 64.8 Å². The number of aryl methyl sites for hydroxylation is 2. The maximum absolute atomic E-state index is 2.49. The lowest BCUT2D eigenvalue weighted by atomic mass is 9.90. The third-order valence-corrected chi connectivity index (χ3v) is 7.08. The fraction of sp³-hybridized carbons (Fsp3) is 0.444. The van der Waals surface area contributed by atoms with Gasteiger partial charge < -0.3 is 0 Å². The second-order valence-corrected chi connectivity index (χ2v) is 8.91. The number of hydrogen-bond acceptors (Lipinski definition) is 0. The van der Waals surface area contributed by atoms with Gasteiger partial charge in [0, 0.05) is 18.6 Å². The van der Waals surface area contributed by atoms with E-state index in [0.29, 0.717) is 5.92 Å². The molecular formula is C27H34N+. The number of hydrogen-bond donors (Lipinski definition) is 0. The SMILES string of the molecule is CCC(C)c1ccc2c(-c3cc(C4CCCC4)ccc3C)[n+](C)c(C)cc2c1. The molecule has 1 heterocycles. The van der Waals surface area contributed by atoms with Crippen LogP contribution < -0.4 is 4.57 Å². The Kier molecular flexibility index (Phi) is 5.27. The summed E-state index contributed by atoms with van der Waals surface area (Å²) in [5, 5.41) is 2.74. The molecule has 1 aliphatic carbocycles. The highest BCUT2D eigenvalue weighted by atomic mass is 14.9. The normalized spacial score (nSPS) is 16.0. The Morgan fingerprint density at radius 1 is 1.00 bits per heavy atom. The smallest absolute Gasteiger partial charge is 0.198 e. The Balaban J connectivity index is 1.92. The van der Waals surface area contributed by atoms with Gasteiger partial charge in [0.2, 0.25) is 5.69 Å². The van der Waals surface area contributed by atoms with E-state index in [1.165, 1.54) is 76.5 Å². The first-order valence-electron chi connectivity index (χ1n) is 11.0. The molecule has 0 bridgehead atoms. The molecule has 1 heteroatoms. The molecule has 1 fully saturated rings. The molecule has 28 heavy (non-hydrogen) atoms. The van der Waals surface area contributed by atoms with Crippen LogP contribution in [0.15, 0.2) is 42.5 Å². The van der Waals surface area contributed by atoms with Crippen LogP contribution in [0.5, 0.6) is 0 Å². The molecule has 0 saturated heterocycles. The van der Waals surface area contributed by atoms with Gasteiger partial charge >= 0.3 is 0 Å². The van der Waals surface area contributed by atoms with Crippen LogP contribution in [0.25, 0.3) is 22.0 Å². The van der Waals surface area contributed by atoms with Gasteiger partial charge in [-0.1, -0.05) is 51.0 Å². The minimum Gasteiger partial charge on any atom is -0.198 e. The van der Waals surface area contributed by atoms with Crippen LogP contribution in [0.1, 0.15) is 80.2 Å². The predicted molar refractivity (Wildman–Crippen MR) is 120 cm³/mol. The van der Waals surface area contributed by atoms with Crippen molar-refractivity contribution in [2.24, 2.45) is 7.05 Å². The fourth-order valence-corrected chi connectivity index (χ4v) is 4.87.